The SMILES string of the molecule is CCCN(CC(=O)N(Cc1ccc2c(c1)OCO2)Cc1ccco1)C(=O)c1cccc(C(F)(F)F)c1. The molecule has 2 heterocycles. The second-order valence-corrected chi connectivity index (χ2v) is 8.32. The standard InChI is InChI=1S/C26H25F3N2O5/c1-2-10-30(25(33)19-5-3-6-20(13-19)26(27,28)29)16-24(32)31(15-21-7-4-11-34-21)14-18-8-9-22-23(12-18)36-17-35-22/h3-9,11-13H,2,10,14-17H2,1H3. The Hall–Kier alpha value is -3.95. The molecule has 0 bridgehead atoms. The maximum atomic E-state index is 13.4. The minimum absolute atomic E-state index is 0.122. The minimum atomic E-state index is -4.58. The van der Waals surface area contributed by atoms with Gasteiger partial charge in [0.2, 0.25) is 12.7 Å². The number of nitrogens with zero attached hydrogens (tertiary/aromatic N) is 2. The van der Waals surface area contributed by atoms with Crippen LogP contribution in [0, 0.1) is 0 Å². The van der Waals surface area contributed by atoms with Crippen LogP contribution in [0.25, 0.3) is 0 Å². The van der Waals surface area contributed by atoms with E-state index in [9.17, 15) is 22.8 Å². The molecule has 1 aliphatic heterocycles. The molecule has 0 aliphatic carbocycles. The number of halogens is 3. The van der Waals surface area contributed by atoms with Crippen molar-refractivity contribution in [2.75, 3.05) is 19.9 Å². The number of amides is 2. The molecule has 2 aromatic carbocycles. The van der Waals surface area contributed by atoms with Crippen LogP contribution in [0.3, 0.4) is 0 Å². The van der Waals surface area contributed by atoms with E-state index in [1.807, 2.05) is 13.0 Å². The lowest BCUT2D eigenvalue weighted by molar-refractivity contribution is -0.137. The quantitative estimate of drug-likeness (QED) is 0.407. The molecule has 36 heavy (non-hydrogen) atoms. The molecule has 0 spiro atoms. The van der Waals surface area contributed by atoms with Gasteiger partial charge in [0, 0.05) is 18.7 Å². The summed E-state index contributed by atoms with van der Waals surface area (Å²) in [5, 5.41) is 0. The fraction of sp³-hybridized carbons (Fsp3) is 0.308. The number of rotatable bonds is 9. The Morgan fingerprint density at radius 1 is 0.944 bits per heavy atom. The number of ether oxygens (including phenoxy) is 2. The number of fused-ring (bicyclic) bond motifs is 1. The zero-order chi connectivity index (χ0) is 25.7. The van der Waals surface area contributed by atoms with Gasteiger partial charge in [-0.05, 0) is 54.4 Å². The molecule has 10 heteroatoms. The number of furan rings is 1. The summed E-state index contributed by atoms with van der Waals surface area (Å²) in [7, 11) is 0. The highest BCUT2D eigenvalue weighted by Gasteiger charge is 2.32. The highest BCUT2D eigenvalue weighted by Crippen LogP contribution is 2.33. The number of carbonyl (C=O) groups is 2. The first-order valence-electron chi connectivity index (χ1n) is 11.4. The van der Waals surface area contributed by atoms with Crippen LogP contribution in [0.4, 0.5) is 13.2 Å². The predicted octanol–water partition coefficient (Wildman–Crippen LogP) is 5.11. The zero-order valence-electron chi connectivity index (χ0n) is 19.6. The summed E-state index contributed by atoms with van der Waals surface area (Å²) in [4.78, 5) is 29.3. The van der Waals surface area contributed by atoms with Crippen molar-refractivity contribution in [2.24, 2.45) is 0 Å². The average Bonchev–Trinajstić information content (AvgIpc) is 3.54. The first-order chi connectivity index (χ1) is 17.2. The van der Waals surface area contributed by atoms with Crippen LogP contribution in [0.15, 0.2) is 65.3 Å². The van der Waals surface area contributed by atoms with Gasteiger partial charge < -0.3 is 23.7 Å². The summed E-state index contributed by atoms with van der Waals surface area (Å²) in [5.41, 5.74) is -0.261. The topological polar surface area (TPSA) is 72.2 Å². The number of benzene rings is 2. The number of alkyl halides is 3. The smallest absolute Gasteiger partial charge is 0.416 e. The summed E-state index contributed by atoms with van der Waals surface area (Å²) in [5.74, 6) is 0.721. The first-order valence-corrected chi connectivity index (χ1v) is 11.4. The third kappa shape index (κ3) is 5.99. The van der Waals surface area contributed by atoms with Gasteiger partial charge in [-0.15, -0.1) is 0 Å². The van der Waals surface area contributed by atoms with Crippen LogP contribution in [-0.2, 0) is 24.1 Å². The van der Waals surface area contributed by atoms with Crippen LogP contribution in [0.2, 0.25) is 0 Å². The lowest BCUT2D eigenvalue weighted by Crippen LogP contribution is -2.42. The number of carbonyl (C=O) groups excluding carboxylic acids is 2. The Bertz CT molecular complexity index is 1210. The molecular formula is C26H25F3N2O5. The van der Waals surface area contributed by atoms with Crippen LogP contribution < -0.4 is 9.47 Å². The highest BCUT2D eigenvalue weighted by molar-refractivity contribution is 5.96. The van der Waals surface area contributed by atoms with Gasteiger partial charge in [-0.25, -0.2) is 0 Å². The van der Waals surface area contributed by atoms with Crippen LogP contribution in [0.5, 0.6) is 11.5 Å². The lowest BCUT2D eigenvalue weighted by Gasteiger charge is -2.27. The third-order valence-electron chi connectivity index (χ3n) is 5.63. The van der Waals surface area contributed by atoms with Crippen molar-refractivity contribution >= 4 is 11.8 Å². The predicted molar refractivity (Wildman–Crippen MR) is 123 cm³/mol. The molecule has 7 nitrogen and oxygen atoms in total. The molecule has 1 aliphatic rings. The van der Waals surface area contributed by atoms with Crippen molar-refractivity contribution in [2.45, 2.75) is 32.6 Å². The summed E-state index contributed by atoms with van der Waals surface area (Å²) >= 11 is 0. The second-order valence-electron chi connectivity index (χ2n) is 8.32. The van der Waals surface area contributed by atoms with Gasteiger partial charge in [-0.1, -0.05) is 19.1 Å². The molecule has 0 atom stereocenters. The summed E-state index contributed by atoms with van der Waals surface area (Å²) in [6, 6.07) is 13.0. The second kappa shape index (κ2) is 10.8. The van der Waals surface area contributed by atoms with Crippen molar-refractivity contribution in [1.29, 1.82) is 0 Å². The van der Waals surface area contributed by atoms with E-state index in [4.69, 9.17) is 13.9 Å². The maximum absolute atomic E-state index is 13.4. The zero-order valence-corrected chi connectivity index (χ0v) is 19.6. The van der Waals surface area contributed by atoms with E-state index in [0.29, 0.717) is 23.7 Å². The highest BCUT2D eigenvalue weighted by atomic mass is 19.4. The van der Waals surface area contributed by atoms with Gasteiger partial charge in [-0.3, -0.25) is 9.59 Å². The molecule has 0 saturated carbocycles. The molecule has 0 radical (unpaired) electrons. The van der Waals surface area contributed by atoms with E-state index in [0.717, 1.165) is 17.7 Å². The van der Waals surface area contributed by atoms with Crippen LogP contribution in [0.1, 0.15) is 40.6 Å². The number of hydrogen-bond donors (Lipinski definition) is 0. The van der Waals surface area contributed by atoms with E-state index >= 15 is 0 Å². The fourth-order valence-electron chi connectivity index (χ4n) is 3.88. The van der Waals surface area contributed by atoms with E-state index in [1.54, 1.807) is 24.3 Å². The van der Waals surface area contributed by atoms with Crippen molar-refractivity contribution in [1.82, 2.24) is 9.80 Å². The molecule has 0 fully saturated rings. The average molecular weight is 502 g/mol. The van der Waals surface area contributed by atoms with Crippen molar-refractivity contribution in [3.63, 3.8) is 0 Å². The normalized spacial score (nSPS) is 12.4. The van der Waals surface area contributed by atoms with Crippen LogP contribution >= 0.6 is 0 Å². The molecule has 1 aromatic heterocycles. The first kappa shape index (κ1) is 25.2. The molecular weight excluding hydrogens is 477 g/mol. The molecule has 0 unspecified atom stereocenters. The van der Waals surface area contributed by atoms with Gasteiger partial charge in [0.1, 0.15) is 12.3 Å². The van der Waals surface area contributed by atoms with Gasteiger partial charge in [0.25, 0.3) is 5.91 Å². The number of hydrogen-bond acceptors (Lipinski definition) is 5. The Kier molecular flexibility index (Phi) is 7.52. The molecule has 190 valence electrons. The van der Waals surface area contributed by atoms with Crippen molar-refractivity contribution in [3.05, 3.63) is 83.3 Å². The third-order valence-corrected chi connectivity index (χ3v) is 5.63. The van der Waals surface area contributed by atoms with Gasteiger partial charge in [0.05, 0.1) is 18.4 Å². The van der Waals surface area contributed by atoms with Crippen molar-refractivity contribution in [3.8, 4) is 11.5 Å². The molecule has 2 amide bonds. The maximum Gasteiger partial charge on any atom is 0.416 e. The Balaban J connectivity index is 1.54. The van der Waals surface area contributed by atoms with Crippen LogP contribution in [-0.4, -0.2) is 41.5 Å². The molecule has 4 rings (SSSR count). The molecule has 3 aromatic rings. The van der Waals surface area contributed by atoms with E-state index < -0.39 is 17.6 Å². The molecule has 0 saturated heterocycles. The largest absolute Gasteiger partial charge is 0.467 e. The fourth-order valence-corrected chi connectivity index (χ4v) is 3.88. The van der Waals surface area contributed by atoms with Gasteiger partial charge >= 0.3 is 6.18 Å². The summed E-state index contributed by atoms with van der Waals surface area (Å²) in [6.45, 7) is 2.21. The van der Waals surface area contributed by atoms with E-state index in [-0.39, 0.29) is 44.4 Å². The minimum Gasteiger partial charge on any atom is -0.467 e. The van der Waals surface area contributed by atoms with E-state index in [1.165, 1.54) is 28.2 Å². The van der Waals surface area contributed by atoms with Gasteiger partial charge in [0.15, 0.2) is 11.5 Å². The summed E-state index contributed by atoms with van der Waals surface area (Å²) in [6.07, 6.45) is -2.55. The van der Waals surface area contributed by atoms with Gasteiger partial charge in [-0.2, -0.15) is 13.2 Å². The Morgan fingerprint density at radius 3 is 2.47 bits per heavy atom. The van der Waals surface area contributed by atoms with E-state index in [2.05, 4.69) is 0 Å². The molecule has 0 N–H and O–H groups in total. The Morgan fingerprint density at radius 2 is 1.75 bits per heavy atom. The Labute approximate surface area is 206 Å². The monoisotopic (exact) mass is 502 g/mol. The van der Waals surface area contributed by atoms with Crippen molar-refractivity contribution < 1.29 is 36.7 Å². The lowest BCUT2D eigenvalue weighted by atomic mass is 10.1. The summed E-state index contributed by atoms with van der Waals surface area (Å²) < 4.78 is 55.6.